The van der Waals surface area contributed by atoms with E-state index in [1.165, 1.54) is 0 Å². The number of esters is 1. The van der Waals surface area contributed by atoms with E-state index in [0.29, 0.717) is 0 Å². The van der Waals surface area contributed by atoms with Crippen LogP contribution in [0.4, 0.5) is 8.78 Å². The number of halogens is 2. The fraction of sp³-hybridized carbons (Fsp3) is 0.500. The zero-order valence-electron chi connectivity index (χ0n) is 11.3. The summed E-state index contributed by atoms with van der Waals surface area (Å²) in [6.07, 6.45) is 0. The van der Waals surface area contributed by atoms with Gasteiger partial charge >= 0.3 is 5.97 Å². The summed E-state index contributed by atoms with van der Waals surface area (Å²) < 4.78 is 31.6. The van der Waals surface area contributed by atoms with Gasteiger partial charge in [0.15, 0.2) is 0 Å². The maximum atomic E-state index is 13.2. The van der Waals surface area contributed by atoms with E-state index >= 15 is 0 Å². The molecule has 0 saturated carbocycles. The van der Waals surface area contributed by atoms with Crippen LogP contribution in [0.3, 0.4) is 0 Å². The molecule has 18 heavy (non-hydrogen) atoms. The lowest BCUT2D eigenvalue weighted by Gasteiger charge is -2.28. The van der Waals surface area contributed by atoms with E-state index in [4.69, 9.17) is 4.74 Å². The molecule has 0 bridgehead atoms. The minimum atomic E-state index is -1.10. The second-order valence-electron chi connectivity index (χ2n) is 5.79. The Morgan fingerprint density at radius 2 is 1.44 bits per heavy atom. The van der Waals surface area contributed by atoms with Crippen molar-refractivity contribution in [1.29, 1.82) is 0 Å². The van der Waals surface area contributed by atoms with E-state index in [-0.39, 0.29) is 5.56 Å². The van der Waals surface area contributed by atoms with Crippen molar-refractivity contribution in [3.05, 3.63) is 35.4 Å². The Bertz CT molecular complexity index is 439. The number of hydrogen-bond acceptors (Lipinski definition) is 2. The zero-order chi connectivity index (χ0) is 14.1. The van der Waals surface area contributed by atoms with Gasteiger partial charge < -0.3 is 4.74 Å². The Labute approximate surface area is 106 Å². The molecule has 0 atom stereocenters. The standard InChI is InChI=1S/C14H18F2O2/c1-13(2,3)18-12(17)14(4,5)9-6-10(15)8-11(16)7-9/h6-8H,1-5H3. The third-order valence-corrected chi connectivity index (χ3v) is 2.49. The molecule has 1 rings (SSSR count). The molecule has 0 aromatic heterocycles. The maximum Gasteiger partial charge on any atom is 0.316 e. The summed E-state index contributed by atoms with van der Waals surface area (Å²) in [6, 6.07) is 3.06. The van der Waals surface area contributed by atoms with Crippen LogP contribution in [0.5, 0.6) is 0 Å². The fourth-order valence-corrected chi connectivity index (χ4v) is 1.44. The van der Waals surface area contributed by atoms with Crippen LogP contribution >= 0.6 is 0 Å². The van der Waals surface area contributed by atoms with E-state index in [1.54, 1.807) is 34.6 Å². The number of ether oxygens (including phenoxy) is 1. The molecule has 2 nitrogen and oxygen atoms in total. The normalized spacial score (nSPS) is 12.4. The van der Waals surface area contributed by atoms with Crippen LogP contribution in [0.25, 0.3) is 0 Å². The Morgan fingerprint density at radius 1 is 1.00 bits per heavy atom. The van der Waals surface area contributed by atoms with Crippen LogP contribution in [0.15, 0.2) is 18.2 Å². The first kappa shape index (κ1) is 14.6. The summed E-state index contributed by atoms with van der Waals surface area (Å²) in [5, 5.41) is 0. The average Bonchev–Trinajstić information content (AvgIpc) is 2.13. The fourth-order valence-electron chi connectivity index (χ4n) is 1.44. The lowest BCUT2D eigenvalue weighted by Crippen LogP contribution is -2.36. The van der Waals surface area contributed by atoms with Gasteiger partial charge in [-0.1, -0.05) is 0 Å². The topological polar surface area (TPSA) is 26.3 Å². The molecule has 0 heterocycles. The van der Waals surface area contributed by atoms with E-state index in [2.05, 4.69) is 0 Å². The van der Waals surface area contributed by atoms with Gasteiger partial charge in [0.1, 0.15) is 17.2 Å². The van der Waals surface area contributed by atoms with Gasteiger partial charge in [-0.25, -0.2) is 8.78 Å². The summed E-state index contributed by atoms with van der Waals surface area (Å²) in [7, 11) is 0. The molecule has 0 saturated heterocycles. The lowest BCUT2D eigenvalue weighted by molar-refractivity contribution is -0.160. The summed E-state index contributed by atoms with van der Waals surface area (Å²) in [6.45, 7) is 8.39. The summed E-state index contributed by atoms with van der Waals surface area (Å²) in [5.41, 5.74) is -1.48. The van der Waals surface area contributed by atoms with Crippen molar-refractivity contribution in [2.75, 3.05) is 0 Å². The Morgan fingerprint density at radius 3 is 1.83 bits per heavy atom. The molecule has 0 N–H and O–H groups in total. The first-order chi connectivity index (χ1) is 8.02. The number of benzene rings is 1. The molecule has 0 spiro atoms. The number of carbonyl (C=O) groups is 1. The zero-order valence-corrected chi connectivity index (χ0v) is 11.3. The van der Waals surface area contributed by atoms with Crippen molar-refractivity contribution in [3.63, 3.8) is 0 Å². The smallest absolute Gasteiger partial charge is 0.316 e. The molecular formula is C14H18F2O2. The Hall–Kier alpha value is -1.45. The highest BCUT2D eigenvalue weighted by atomic mass is 19.1. The minimum absolute atomic E-state index is 0.259. The molecule has 0 aliphatic carbocycles. The molecule has 0 radical (unpaired) electrons. The molecule has 4 heteroatoms. The van der Waals surface area contributed by atoms with Gasteiger partial charge in [-0.05, 0) is 52.3 Å². The number of carbonyl (C=O) groups excluding carboxylic acids is 1. The van der Waals surface area contributed by atoms with Gasteiger partial charge in [0.2, 0.25) is 0 Å². The Kier molecular flexibility index (Phi) is 3.79. The molecule has 0 amide bonds. The van der Waals surface area contributed by atoms with Crippen molar-refractivity contribution < 1.29 is 18.3 Å². The molecule has 1 aromatic carbocycles. The summed E-state index contributed by atoms with van der Waals surface area (Å²) >= 11 is 0. The molecule has 0 fully saturated rings. The van der Waals surface area contributed by atoms with Crippen LogP contribution in [-0.4, -0.2) is 11.6 Å². The van der Waals surface area contributed by atoms with Crippen molar-refractivity contribution >= 4 is 5.97 Å². The monoisotopic (exact) mass is 256 g/mol. The van der Waals surface area contributed by atoms with Gasteiger partial charge in [0.05, 0.1) is 5.41 Å². The SMILES string of the molecule is CC(C)(C)OC(=O)C(C)(C)c1cc(F)cc(F)c1. The van der Waals surface area contributed by atoms with Crippen molar-refractivity contribution in [3.8, 4) is 0 Å². The molecule has 0 aliphatic heterocycles. The van der Waals surface area contributed by atoms with Crippen LogP contribution < -0.4 is 0 Å². The minimum Gasteiger partial charge on any atom is -0.459 e. The predicted molar refractivity (Wildman–Crippen MR) is 65.2 cm³/mol. The van der Waals surface area contributed by atoms with Gasteiger partial charge in [0, 0.05) is 6.07 Å². The number of rotatable bonds is 2. The van der Waals surface area contributed by atoms with E-state index in [9.17, 15) is 13.6 Å². The average molecular weight is 256 g/mol. The van der Waals surface area contributed by atoms with Gasteiger partial charge in [-0.15, -0.1) is 0 Å². The van der Waals surface area contributed by atoms with E-state index in [1.807, 2.05) is 0 Å². The van der Waals surface area contributed by atoms with Crippen molar-refractivity contribution in [1.82, 2.24) is 0 Å². The first-order valence-electron chi connectivity index (χ1n) is 5.72. The predicted octanol–water partition coefficient (Wildman–Crippen LogP) is 3.58. The van der Waals surface area contributed by atoms with Crippen molar-refractivity contribution in [2.24, 2.45) is 0 Å². The first-order valence-corrected chi connectivity index (χ1v) is 5.72. The van der Waals surface area contributed by atoms with E-state index < -0.39 is 28.6 Å². The molecule has 100 valence electrons. The number of hydrogen-bond donors (Lipinski definition) is 0. The van der Waals surface area contributed by atoms with E-state index in [0.717, 1.165) is 18.2 Å². The molecule has 0 unspecified atom stereocenters. The largest absolute Gasteiger partial charge is 0.459 e. The van der Waals surface area contributed by atoms with Gasteiger partial charge in [0.25, 0.3) is 0 Å². The molecular weight excluding hydrogens is 238 g/mol. The van der Waals surface area contributed by atoms with Crippen LogP contribution in [0.1, 0.15) is 40.2 Å². The third-order valence-electron chi connectivity index (χ3n) is 2.49. The van der Waals surface area contributed by atoms with Crippen molar-refractivity contribution in [2.45, 2.75) is 45.6 Å². The highest BCUT2D eigenvalue weighted by Crippen LogP contribution is 2.28. The Balaban J connectivity index is 3.08. The summed E-state index contributed by atoms with van der Waals surface area (Å²) in [4.78, 5) is 12.0. The van der Waals surface area contributed by atoms with Gasteiger partial charge in [-0.2, -0.15) is 0 Å². The van der Waals surface area contributed by atoms with Crippen LogP contribution in [0.2, 0.25) is 0 Å². The van der Waals surface area contributed by atoms with Crippen LogP contribution in [-0.2, 0) is 14.9 Å². The second-order valence-corrected chi connectivity index (χ2v) is 5.79. The summed E-state index contributed by atoms with van der Waals surface area (Å²) in [5.74, 6) is -1.93. The third kappa shape index (κ3) is 3.52. The van der Waals surface area contributed by atoms with Gasteiger partial charge in [-0.3, -0.25) is 4.79 Å². The van der Waals surface area contributed by atoms with Crippen LogP contribution in [0, 0.1) is 11.6 Å². The highest BCUT2D eigenvalue weighted by Gasteiger charge is 2.34. The second kappa shape index (κ2) is 4.67. The molecule has 0 aliphatic rings. The maximum absolute atomic E-state index is 13.2. The quantitative estimate of drug-likeness (QED) is 0.756. The highest BCUT2D eigenvalue weighted by molar-refractivity contribution is 5.82. The molecule has 1 aromatic rings. The lowest BCUT2D eigenvalue weighted by atomic mass is 9.84.